The van der Waals surface area contributed by atoms with E-state index in [1.807, 2.05) is 24.3 Å². The van der Waals surface area contributed by atoms with Crippen LogP contribution in [0.3, 0.4) is 0 Å². The molecule has 0 bridgehead atoms. The normalized spacial score (nSPS) is 12.7. The molecule has 0 aliphatic carbocycles. The first-order valence-electron chi connectivity index (χ1n) is 6.65. The number of rotatable bonds is 5. The molecule has 4 heteroatoms. The van der Waals surface area contributed by atoms with Crippen molar-refractivity contribution in [3.8, 4) is 5.75 Å². The third-order valence-corrected chi connectivity index (χ3v) is 5.24. The lowest BCUT2D eigenvalue weighted by Crippen LogP contribution is -1.98. The van der Waals surface area contributed by atoms with Gasteiger partial charge in [0.1, 0.15) is 11.9 Å². The molecule has 2 aromatic heterocycles. The van der Waals surface area contributed by atoms with Gasteiger partial charge in [-0.25, -0.2) is 0 Å². The first-order valence-corrected chi connectivity index (χ1v) is 8.35. The highest BCUT2D eigenvalue weighted by molar-refractivity contribution is 7.26. The second-order valence-corrected chi connectivity index (χ2v) is 6.68. The highest BCUT2D eigenvalue weighted by Gasteiger charge is 2.14. The summed E-state index contributed by atoms with van der Waals surface area (Å²) >= 11 is 3.37. The monoisotopic (exact) mass is 304 g/mol. The van der Waals surface area contributed by atoms with Gasteiger partial charge in [-0.05, 0) is 41.6 Å². The molecular formula is C16H16O2S2. The van der Waals surface area contributed by atoms with Gasteiger partial charge in [0, 0.05) is 14.3 Å². The van der Waals surface area contributed by atoms with Gasteiger partial charge in [0.25, 0.3) is 0 Å². The van der Waals surface area contributed by atoms with E-state index in [4.69, 9.17) is 4.74 Å². The molecule has 0 fully saturated rings. The van der Waals surface area contributed by atoms with E-state index in [1.54, 1.807) is 22.7 Å². The number of fused-ring (bicyclic) bond motifs is 1. The van der Waals surface area contributed by atoms with E-state index in [2.05, 4.69) is 24.4 Å². The molecule has 1 unspecified atom stereocenters. The quantitative estimate of drug-likeness (QED) is 0.731. The van der Waals surface area contributed by atoms with Crippen LogP contribution in [0.4, 0.5) is 0 Å². The summed E-state index contributed by atoms with van der Waals surface area (Å²) in [6, 6.07) is 11.9. The number of aliphatic hydroxyl groups is 1. The van der Waals surface area contributed by atoms with Crippen LogP contribution in [-0.2, 0) is 0 Å². The number of hydrogen-bond acceptors (Lipinski definition) is 4. The van der Waals surface area contributed by atoms with Crippen molar-refractivity contribution in [3.05, 3.63) is 52.2 Å². The molecule has 0 saturated heterocycles. The van der Waals surface area contributed by atoms with Gasteiger partial charge >= 0.3 is 0 Å². The van der Waals surface area contributed by atoms with E-state index >= 15 is 0 Å². The van der Waals surface area contributed by atoms with Crippen LogP contribution in [0, 0.1) is 0 Å². The molecule has 2 nitrogen and oxygen atoms in total. The first kappa shape index (κ1) is 13.6. The summed E-state index contributed by atoms with van der Waals surface area (Å²) < 4.78 is 8.04. The lowest BCUT2D eigenvalue weighted by molar-refractivity contribution is 0.224. The van der Waals surface area contributed by atoms with Gasteiger partial charge in [-0.3, -0.25) is 0 Å². The molecule has 0 saturated carbocycles. The Hall–Kier alpha value is -1.36. The van der Waals surface area contributed by atoms with E-state index in [1.165, 1.54) is 9.40 Å². The van der Waals surface area contributed by atoms with Crippen LogP contribution in [0.25, 0.3) is 9.40 Å². The van der Waals surface area contributed by atoms with Crippen molar-refractivity contribution in [2.75, 3.05) is 6.61 Å². The molecule has 0 aliphatic rings. The maximum absolute atomic E-state index is 10.5. The Balaban J connectivity index is 1.79. The van der Waals surface area contributed by atoms with Crippen LogP contribution >= 0.6 is 22.7 Å². The summed E-state index contributed by atoms with van der Waals surface area (Å²) in [4.78, 5) is 0.995. The third-order valence-electron chi connectivity index (χ3n) is 3.10. The zero-order valence-corrected chi connectivity index (χ0v) is 12.8. The average Bonchev–Trinajstić information content (AvgIpc) is 3.06. The van der Waals surface area contributed by atoms with Crippen LogP contribution in [-0.4, -0.2) is 11.7 Å². The van der Waals surface area contributed by atoms with E-state index in [-0.39, 0.29) is 0 Å². The van der Waals surface area contributed by atoms with Gasteiger partial charge in [-0.2, -0.15) is 0 Å². The lowest BCUT2D eigenvalue weighted by atomic mass is 10.1. The molecule has 1 atom stereocenters. The standard InChI is InChI=1S/C16H16O2S2/c1-2-8-18-12-5-3-11(4-6-12)16(17)15-10-14-13(20-15)7-9-19-14/h3-7,9-10,16-17H,2,8H2,1H3. The maximum Gasteiger partial charge on any atom is 0.119 e. The molecule has 1 aromatic carbocycles. The van der Waals surface area contributed by atoms with E-state index in [0.717, 1.165) is 29.2 Å². The topological polar surface area (TPSA) is 29.5 Å². The minimum atomic E-state index is -0.556. The number of aliphatic hydroxyl groups excluding tert-OH is 1. The minimum absolute atomic E-state index is 0.556. The molecule has 20 heavy (non-hydrogen) atoms. The summed E-state index contributed by atoms with van der Waals surface area (Å²) in [5, 5.41) is 12.5. The van der Waals surface area contributed by atoms with E-state index < -0.39 is 6.10 Å². The summed E-state index contributed by atoms with van der Waals surface area (Å²) in [6.07, 6.45) is 0.441. The van der Waals surface area contributed by atoms with E-state index in [9.17, 15) is 5.11 Å². The van der Waals surface area contributed by atoms with Gasteiger partial charge in [-0.15, -0.1) is 22.7 Å². The molecule has 0 aliphatic heterocycles. The fourth-order valence-electron chi connectivity index (χ4n) is 2.05. The predicted molar refractivity (Wildman–Crippen MR) is 86.0 cm³/mol. The molecule has 0 amide bonds. The second-order valence-electron chi connectivity index (χ2n) is 4.62. The smallest absolute Gasteiger partial charge is 0.119 e. The van der Waals surface area contributed by atoms with Crippen molar-refractivity contribution < 1.29 is 9.84 Å². The Morgan fingerprint density at radius 2 is 1.95 bits per heavy atom. The largest absolute Gasteiger partial charge is 0.494 e. The maximum atomic E-state index is 10.5. The van der Waals surface area contributed by atoms with Gasteiger partial charge < -0.3 is 9.84 Å². The zero-order chi connectivity index (χ0) is 13.9. The molecule has 0 radical (unpaired) electrons. The van der Waals surface area contributed by atoms with Crippen molar-refractivity contribution in [3.63, 3.8) is 0 Å². The van der Waals surface area contributed by atoms with Crippen LogP contribution in [0.1, 0.15) is 29.9 Å². The fourth-order valence-corrected chi connectivity index (χ4v) is 4.18. The van der Waals surface area contributed by atoms with E-state index in [0.29, 0.717) is 0 Å². The Bertz CT molecular complexity index is 653. The fraction of sp³-hybridized carbons (Fsp3) is 0.250. The Morgan fingerprint density at radius 3 is 2.65 bits per heavy atom. The molecule has 2 heterocycles. The van der Waals surface area contributed by atoms with Crippen molar-refractivity contribution in [2.45, 2.75) is 19.4 Å². The van der Waals surface area contributed by atoms with Gasteiger partial charge in [0.05, 0.1) is 6.61 Å². The van der Waals surface area contributed by atoms with Crippen LogP contribution in [0.15, 0.2) is 41.8 Å². The van der Waals surface area contributed by atoms with Crippen molar-refractivity contribution in [1.82, 2.24) is 0 Å². The van der Waals surface area contributed by atoms with Crippen molar-refractivity contribution in [1.29, 1.82) is 0 Å². The number of thiophene rings is 2. The van der Waals surface area contributed by atoms with Crippen molar-refractivity contribution in [2.24, 2.45) is 0 Å². The van der Waals surface area contributed by atoms with Gasteiger partial charge in [-0.1, -0.05) is 19.1 Å². The minimum Gasteiger partial charge on any atom is -0.494 e. The third kappa shape index (κ3) is 2.73. The molecule has 104 valence electrons. The Labute approximate surface area is 126 Å². The molecule has 0 spiro atoms. The highest BCUT2D eigenvalue weighted by Crippen LogP contribution is 2.36. The molecule has 1 N–H and O–H groups in total. The Kier molecular flexibility index (Phi) is 4.05. The summed E-state index contributed by atoms with van der Waals surface area (Å²) in [5.41, 5.74) is 0.905. The summed E-state index contributed by atoms with van der Waals surface area (Å²) in [5.74, 6) is 0.856. The molecule has 3 aromatic rings. The molecular weight excluding hydrogens is 288 g/mol. The van der Waals surface area contributed by atoms with Gasteiger partial charge in [0.15, 0.2) is 0 Å². The Morgan fingerprint density at radius 1 is 1.15 bits per heavy atom. The van der Waals surface area contributed by atoms with Crippen LogP contribution in [0.2, 0.25) is 0 Å². The number of hydrogen-bond donors (Lipinski definition) is 1. The second kappa shape index (κ2) is 5.95. The number of benzene rings is 1. The zero-order valence-electron chi connectivity index (χ0n) is 11.2. The van der Waals surface area contributed by atoms with Crippen LogP contribution < -0.4 is 4.74 Å². The molecule has 3 rings (SSSR count). The lowest BCUT2D eigenvalue weighted by Gasteiger charge is -2.10. The number of ether oxygens (including phenoxy) is 1. The highest BCUT2D eigenvalue weighted by atomic mass is 32.1. The van der Waals surface area contributed by atoms with Crippen LogP contribution in [0.5, 0.6) is 5.75 Å². The SMILES string of the molecule is CCCOc1ccc(C(O)c2cc3sccc3s2)cc1. The predicted octanol–water partition coefficient (Wildman–Crippen LogP) is 4.83. The summed E-state index contributed by atoms with van der Waals surface area (Å²) in [6.45, 7) is 2.81. The van der Waals surface area contributed by atoms with Gasteiger partial charge in [0.2, 0.25) is 0 Å². The summed E-state index contributed by atoms with van der Waals surface area (Å²) in [7, 11) is 0. The average molecular weight is 304 g/mol. The van der Waals surface area contributed by atoms with Crippen molar-refractivity contribution >= 4 is 32.1 Å². The first-order chi connectivity index (χ1) is 9.78.